The van der Waals surface area contributed by atoms with Gasteiger partial charge in [0.05, 0.1) is 14.2 Å². The Balaban J connectivity index is 2.85. The van der Waals surface area contributed by atoms with Gasteiger partial charge in [0.25, 0.3) is 0 Å². The minimum atomic E-state index is -1.66. The highest BCUT2D eigenvalue weighted by atomic mass is 19.1. The molecular formula is C15H17FO5. The summed E-state index contributed by atoms with van der Waals surface area (Å²) in [6, 6.07) is 5.32. The molecule has 0 N–H and O–H groups in total. The fourth-order valence-electron chi connectivity index (χ4n) is 1.63. The van der Waals surface area contributed by atoms with Gasteiger partial charge in [-0.05, 0) is 36.8 Å². The summed E-state index contributed by atoms with van der Waals surface area (Å²) in [6.45, 7) is 4.93. The van der Waals surface area contributed by atoms with Crippen LogP contribution in [0.25, 0.3) is 0 Å². The number of methoxy groups -OCH3 is 2. The molecule has 1 rings (SSSR count). The molecule has 0 aliphatic heterocycles. The minimum absolute atomic E-state index is 0.119. The lowest BCUT2D eigenvalue weighted by molar-refractivity contribution is -0.164. The normalized spacial score (nSPS) is 10.7. The first-order chi connectivity index (χ1) is 9.86. The van der Waals surface area contributed by atoms with E-state index < -0.39 is 23.2 Å². The van der Waals surface area contributed by atoms with Gasteiger partial charge in [0, 0.05) is 0 Å². The molecule has 0 saturated carbocycles. The van der Waals surface area contributed by atoms with E-state index >= 15 is 0 Å². The maximum absolute atomic E-state index is 12.8. The van der Waals surface area contributed by atoms with Gasteiger partial charge >= 0.3 is 11.9 Å². The fraction of sp³-hybridized carbons (Fsp3) is 0.333. The molecule has 0 bridgehead atoms. The lowest BCUT2D eigenvalue weighted by Crippen LogP contribution is -2.41. The molecule has 0 aliphatic carbocycles. The van der Waals surface area contributed by atoms with Crippen LogP contribution in [0.15, 0.2) is 36.4 Å². The van der Waals surface area contributed by atoms with Gasteiger partial charge in [-0.3, -0.25) is 9.59 Å². The second kappa shape index (κ2) is 6.88. The monoisotopic (exact) mass is 296 g/mol. The molecule has 0 fully saturated rings. The van der Waals surface area contributed by atoms with Gasteiger partial charge in [0.2, 0.25) is 0 Å². The molecule has 0 heterocycles. The first-order valence-electron chi connectivity index (χ1n) is 6.09. The Kier molecular flexibility index (Phi) is 5.46. The summed E-state index contributed by atoms with van der Waals surface area (Å²) < 4.78 is 27.4. The van der Waals surface area contributed by atoms with Crippen LogP contribution in [0.1, 0.15) is 6.92 Å². The quantitative estimate of drug-likeness (QED) is 0.457. The van der Waals surface area contributed by atoms with E-state index in [9.17, 15) is 14.0 Å². The molecule has 1 aromatic carbocycles. The molecule has 0 unspecified atom stereocenters. The Bertz CT molecular complexity index is 519. The Morgan fingerprint density at radius 1 is 1.14 bits per heavy atom. The molecule has 5 nitrogen and oxygen atoms in total. The number of esters is 2. The number of carbonyl (C=O) groups is 2. The van der Waals surface area contributed by atoms with E-state index in [4.69, 9.17) is 4.74 Å². The second-order valence-corrected chi connectivity index (χ2v) is 4.45. The van der Waals surface area contributed by atoms with Crippen molar-refractivity contribution in [2.75, 3.05) is 20.8 Å². The molecule has 0 aromatic heterocycles. The molecule has 114 valence electrons. The summed E-state index contributed by atoms with van der Waals surface area (Å²) >= 11 is 0. The van der Waals surface area contributed by atoms with E-state index in [1.54, 1.807) is 0 Å². The second-order valence-electron chi connectivity index (χ2n) is 4.45. The van der Waals surface area contributed by atoms with Crippen molar-refractivity contribution >= 4 is 11.9 Å². The van der Waals surface area contributed by atoms with Crippen LogP contribution in [0.3, 0.4) is 0 Å². The highest BCUT2D eigenvalue weighted by Gasteiger charge is 2.46. The maximum Gasteiger partial charge on any atom is 0.327 e. The van der Waals surface area contributed by atoms with Crippen molar-refractivity contribution in [2.45, 2.75) is 6.92 Å². The number of ether oxygens (including phenoxy) is 3. The molecule has 0 amide bonds. The van der Waals surface area contributed by atoms with E-state index in [0.29, 0.717) is 5.75 Å². The van der Waals surface area contributed by atoms with Crippen LogP contribution in [-0.4, -0.2) is 32.8 Å². The molecule has 0 spiro atoms. The third-order valence-corrected chi connectivity index (χ3v) is 3.12. The van der Waals surface area contributed by atoms with Crippen LogP contribution in [0.4, 0.5) is 4.39 Å². The summed E-state index contributed by atoms with van der Waals surface area (Å²) in [7, 11) is 2.33. The van der Waals surface area contributed by atoms with Crippen molar-refractivity contribution in [1.82, 2.24) is 0 Å². The zero-order valence-corrected chi connectivity index (χ0v) is 12.1. The van der Waals surface area contributed by atoms with Gasteiger partial charge in [0.1, 0.15) is 18.2 Å². The lowest BCUT2D eigenvalue weighted by Gasteiger charge is -2.26. The Hall–Kier alpha value is -2.37. The van der Waals surface area contributed by atoms with Gasteiger partial charge in [-0.15, -0.1) is 0 Å². The predicted octanol–water partition coefficient (Wildman–Crippen LogP) is 2.11. The molecule has 0 atom stereocenters. The maximum atomic E-state index is 12.8. The SMILES string of the molecule is C=C(COc1ccc(F)cc1)C(C)(C(=O)OC)C(=O)OC. The number of carbonyl (C=O) groups excluding carboxylic acids is 2. The average molecular weight is 296 g/mol. The largest absolute Gasteiger partial charge is 0.489 e. The zero-order valence-electron chi connectivity index (χ0n) is 12.1. The number of hydrogen-bond acceptors (Lipinski definition) is 5. The lowest BCUT2D eigenvalue weighted by atomic mass is 9.83. The van der Waals surface area contributed by atoms with E-state index in [0.717, 1.165) is 14.2 Å². The van der Waals surface area contributed by atoms with E-state index in [1.807, 2.05) is 0 Å². The minimum Gasteiger partial charge on any atom is -0.489 e. The highest BCUT2D eigenvalue weighted by molar-refractivity contribution is 6.02. The topological polar surface area (TPSA) is 61.8 Å². The van der Waals surface area contributed by atoms with Crippen LogP contribution >= 0.6 is 0 Å². The van der Waals surface area contributed by atoms with Gasteiger partial charge in [-0.1, -0.05) is 6.58 Å². The Labute approximate surface area is 122 Å². The van der Waals surface area contributed by atoms with Gasteiger partial charge in [0.15, 0.2) is 5.41 Å². The van der Waals surface area contributed by atoms with E-state index in [1.165, 1.54) is 31.2 Å². The van der Waals surface area contributed by atoms with Gasteiger partial charge < -0.3 is 14.2 Å². The zero-order chi connectivity index (χ0) is 16.0. The van der Waals surface area contributed by atoms with Crippen molar-refractivity contribution in [3.8, 4) is 5.75 Å². The number of benzene rings is 1. The van der Waals surface area contributed by atoms with Crippen LogP contribution in [0.5, 0.6) is 5.75 Å². The first-order valence-corrected chi connectivity index (χ1v) is 6.09. The van der Waals surface area contributed by atoms with Gasteiger partial charge in [-0.25, -0.2) is 4.39 Å². The third-order valence-electron chi connectivity index (χ3n) is 3.12. The Morgan fingerprint density at radius 2 is 1.62 bits per heavy atom. The molecule has 21 heavy (non-hydrogen) atoms. The number of rotatable bonds is 6. The molecular weight excluding hydrogens is 279 g/mol. The summed E-state index contributed by atoms with van der Waals surface area (Å²) in [5.41, 5.74) is -1.49. The molecule has 6 heteroatoms. The summed E-state index contributed by atoms with van der Waals surface area (Å²) in [6.07, 6.45) is 0. The summed E-state index contributed by atoms with van der Waals surface area (Å²) in [4.78, 5) is 23.7. The van der Waals surface area contributed by atoms with Crippen molar-refractivity contribution < 1.29 is 28.2 Å². The average Bonchev–Trinajstić information content (AvgIpc) is 2.51. The molecule has 0 saturated heterocycles. The van der Waals surface area contributed by atoms with Crippen LogP contribution in [-0.2, 0) is 19.1 Å². The van der Waals surface area contributed by atoms with Gasteiger partial charge in [-0.2, -0.15) is 0 Å². The molecule has 0 radical (unpaired) electrons. The standard InChI is InChI=1S/C15H17FO5/c1-10(9-21-12-7-5-11(16)6-8-12)15(2,13(17)19-3)14(18)20-4/h5-8H,1,9H2,2-4H3. The van der Waals surface area contributed by atoms with Crippen LogP contribution < -0.4 is 4.74 Å². The first kappa shape index (κ1) is 16.7. The van der Waals surface area contributed by atoms with E-state index in [2.05, 4.69) is 16.1 Å². The summed E-state index contributed by atoms with van der Waals surface area (Å²) in [5.74, 6) is -1.59. The number of halogens is 1. The van der Waals surface area contributed by atoms with Crippen molar-refractivity contribution in [3.63, 3.8) is 0 Å². The number of hydrogen-bond donors (Lipinski definition) is 0. The smallest absolute Gasteiger partial charge is 0.327 e. The highest BCUT2D eigenvalue weighted by Crippen LogP contribution is 2.29. The molecule has 0 aliphatic rings. The van der Waals surface area contributed by atoms with Crippen molar-refractivity contribution in [1.29, 1.82) is 0 Å². The fourth-order valence-corrected chi connectivity index (χ4v) is 1.63. The van der Waals surface area contributed by atoms with Crippen LogP contribution in [0.2, 0.25) is 0 Å². The van der Waals surface area contributed by atoms with Crippen molar-refractivity contribution in [3.05, 3.63) is 42.2 Å². The van der Waals surface area contributed by atoms with Crippen LogP contribution in [0, 0.1) is 11.2 Å². The van der Waals surface area contributed by atoms with E-state index in [-0.39, 0.29) is 12.2 Å². The summed E-state index contributed by atoms with van der Waals surface area (Å²) in [5, 5.41) is 0. The third kappa shape index (κ3) is 3.59. The predicted molar refractivity (Wildman–Crippen MR) is 73.2 cm³/mol. The molecule has 1 aromatic rings. The Morgan fingerprint density at radius 3 is 2.05 bits per heavy atom. The van der Waals surface area contributed by atoms with Crippen molar-refractivity contribution in [2.24, 2.45) is 5.41 Å².